The number of rotatable bonds is 6. The van der Waals surface area contributed by atoms with Gasteiger partial charge in [-0.3, -0.25) is 0 Å². The van der Waals surface area contributed by atoms with E-state index in [9.17, 15) is 10.1 Å². The lowest BCUT2D eigenvalue weighted by atomic mass is 10.1. The number of fused-ring (bicyclic) bond motifs is 1. The van der Waals surface area contributed by atoms with E-state index in [-0.39, 0.29) is 0 Å². The van der Waals surface area contributed by atoms with Crippen molar-refractivity contribution in [3.8, 4) is 23.1 Å². The minimum absolute atomic E-state index is 0.366. The predicted molar refractivity (Wildman–Crippen MR) is 118 cm³/mol. The number of thiazole rings is 1. The molecule has 0 amide bonds. The Bertz CT molecular complexity index is 1310. The van der Waals surface area contributed by atoms with Gasteiger partial charge in [0.25, 0.3) is 0 Å². The summed E-state index contributed by atoms with van der Waals surface area (Å²) >= 11 is 1.29. The van der Waals surface area contributed by atoms with Crippen molar-refractivity contribution in [1.82, 2.24) is 4.98 Å². The highest BCUT2D eigenvalue weighted by Crippen LogP contribution is 2.26. The smallest absolute Gasteiger partial charge is 0.345 e. The van der Waals surface area contributed by atoms with Gasteiger partial charge in [-0.25, -0.2) is 9.78 Å². The molecule has 4 aromatic rings. The van der Waals surface area contributed by atoms with Crippen LogP contribution in [0.3, 0.4) is 0 Å². The Morgan fingerprint density at radius 3 is 2.83 bits per heavy atom. The highest BCUT2D eigenvalue weighted by atomic mass is 32.1. The number of benzene rings is 2. The Kier molecular flexibility index (Phi) is 5.59. The number of allylic oxidation sites excluding steroid dienone is 1. The number of ether oxygens (including phenoxy) is 1. The third-order valence-electron chi connectivity index (χ3n) is 4.32. The van der Waals surface area contributed by atoms with Crippen LogP contribution >= 0.6 is 11.3 Å². The molecule has 4 rings (SSSR count). The molecule has 2 heterocycles. The van der Waals surface area contributed by atoms with Crippen LogP contribution in [0.25, 0.3) is 27.8 Å². The zero-order chi connectivity index (χ0) is 20.9. The fourth-order valence-electron chi connectivity index (χ4n) is 2.87. The Labute approximate surface area is 176 Å². The van der Waals surface area contributed by atoms with E-state index in [0.29, 0.717) is 34.0 Å². The quantitative estimate of drug-likeness (QED) is 0.340. The first-order valence-electron chi connectivity index (χ1n) is 9.27. The van der Waals surface area contributed by atoms with Gasteiger partial charge in [-0.15, -0.1) is 11.3 Å². The van der Waals surface area contributed by atoms with Crippen LogP contribution in [-0.4, -0.2) is 11.6 Å². The maximum Gasteiger partial charge on any atom is 0.345 e. The van der Waals surface area contributed by atoms with E-state index >= 15 is 0 Å². The number of anilines is 1. The normalized spacial score (nSPS) is 11.3. The molecule has 6 nitrogen and oxygen atoms in total. The van der Waals surface area contributed by atoms with Gasteiger partial charge in [0.1, 0.15) is 28.0 Å². The number of hydrogen-bond donors (Lipinski definition) is 1. The summed E-state index contributed by atoms with van der Waals surface area (Å²) in [5.41, 5.74) is 2.10. The fraction of sp³-hybridized carbons (Fsp3) is 0.0870. The van der Waals surface area contributed by atoms with Crippen LogP contribution in [0.4, 0.5) is 5.69 Å². The molecule has 0 aliphatic carbocycles. The van der Waals surface area contributed by atoms with Crippen LogP contribution in [0, 0.1) is 11.3 Å². The molecule has 0 bridgehead atoms. The Balaban J connectivity index is 1.59. The third-order valence-corrected chi connectivity index (χ3v) is 5.20. The molecule has 2 aromatic heterocycles. The van der Waals surface area contributed by atoms with Crippen molar-refractivity contribution in [3.63, 3.8) is 0 Å². The van der Waals surface area contributed by atoms with Crippen molar-refractivity contribution in [2.45, 2.75) is 6.92 Å². The van der Waals surface area contributed by atoms with E-state index in [4.69, 9.17) is 9.15 Å². The lowest BCUT2D eigenvalue weighted by molar-refractivity contribution is 0.340. The van der Waals surface area contributed by atoms with Gasteiger partial charge in [-0.05, 0) is 43.3 Å². The molecule has 2 aromatic carbocycles. The molecule has 7 heteroatoms. The Hall–Kier alpha value is -3.89. The van der Waals surface area contributed by atoms with Crippen molar-refractivity contribution >= 4 is 33.6 Å². The average Bonchev–Trinajstić information content (AvgIpc) is 3.25. The van der Waals surface area contributed by atoms with Gasteiger partial charge in [-0.2, -0.15) is 5.26 Å². The fourth-order valence-corrected chi connectivity index (χ4v) is 3.66. The number of aromatic nitrogens is 1. The maximum absolute atomic E-state index is 12.4. The molecular weight excluding hydrogens is 398 g/mol. The first kappa shape index (κ1) is 19.4. The number of nitriles is 1. The SMILES string of the molecule is CCOc1ccc(NC=C(C#N)c2nc(-c3cc4ccccc4oc3=O)cs2)cc1. The number of nitrogens with one attached hydrogen (secondary N) is 1. The second-order valence-electron chi connectivity index (χ2n) is 6.29. The predicted octanol–water partition coefficient (Wildman–Crippen LogP) is 5.29. The van der Waals surface area contributed by atoms with Crippen LogP contribution in [0.1, 0.15) is 11.9 Å². The minimum atomic E-state index is -0.458. The van der Waals surface area contributed by atoms with Gasteiger partial charge in [-0.1, -0.05) is 18.2 Å². The van der Waals surface area contributed by atoms with Crippen molar-refractivity contribution in [1.29, 1.82) is 5.26 Å². The average molecular weight is 415 g/mol. The third kappa shape index (κ3) is 4.09. The summed E-state index contributed by atoms with van der Waals surface area (Å²) in [6.45, 7) is 2.53. The number of para-hydroxylation sites is 1. The number of nitrogens with zero attached hydrogens (tertiary/aromatic N) is 2. The highest BCUT2D eigenvalue weighted by molar-refractivity contribution is 7.11. The monoisotopic (exact) mass is 415 g/mol. The summed E-state index contributed by atoms with van der Waals surface area (Å²) in [5.74, 6) is 0.784. The molecule has 148 valence electrons. The van der Waals surface area contributed by atoms with E-state index in [1.54, 1.807) is 23.7 Å². The van der Waals surface area contributed by atoms with Crippen molar-refractivity contribution in [3.05, 3.63) is 81.6 Å². The molecule has 0 aliphatic heterocycles. The van der Waals surface area contributed by atoms with Crippen LogP contribution in [-0.2, 0) is 0 Å². The molecule has 0 saturated heterocycles. The summed E-state index contributed by atoms with van der Waals surface area (Å²) < 4.78 is 10.8. The second-order valence-corrected chi connectivity index (χ2v) is 7.15. The highest BCUT2D eigenvalue weighted by Gasteiger charge is 2.13. The molecule has 0 fully saturated rings. The molecule has 0 atom stereocenters. The summed E-state index contributed by atoms with van der Waals surface area (Å²) in [6, 6.07) is 18.7. The van der Waals surface area contributed by atoms with Gasteiger partial charge in [0.15, 0.2) is 0 Å². The standard InChI is InChI=1S/C23H17N3O3S/c1-2-28-18-9-7-17(8-10-18)25-13-16(12-24)22-26-20(14-30-22)19-11-15-5-3-4-6-21(15)29-23(19)27/h3-11,13-14,25H,2H2,1H3. The van der Waals surface area contributed by atoms with Gasteiger partial charge < -0.3 is 14.5 Å². The zero-order valence-corrected chi connectivity index (χ0v) is 16.9. The van der Waals surface area contributed by atoms with Crippen molar-refractivity contribution in [2.24, 2.45) is 0 Å². The first-order valence-corrected chi connectivity index (χ1v) is 10.1. The first-order chi connectivity index (χ1) is 14.7. The Morgan fingerprint density at radius 1 is 1.27 bits per heavy atom. The lowest BCUT2D eigenvalue weighted by Crippen LogP contribution is -2.02. The summed E-state index contributed by atoms with van der Waals surface area (Å²) in [5, 5.41) is 15.7. The molecule has 0 spiro atoms. The van der Waals surface area contributed by atoms with Gasteiger partial charge >= 0.3 is 5.63 Å². The molecule has 0 radical (unpaired) electrons. The molecular formula is C23H17N3O3S. The largest absolute Gasteiger partial charge is 0.494 e. The van der Waals surface area contributed by atoms with Gasteiger partial charge in [0, 0.05) is 22.7 Å². The molecule has 0 unspecified atom stereocenters. The number of hydrogen-bond acceptors (Lipinski definition) is 7. The molecule has 0 aliphatic rings. The van der Waals surface area contributed by atoms with Gasteiger partial charge in [0.2, 0.25) is 0 Å². The minimum Gasteiger partial charge on any atom is -0.494 e. The molecule has 1 N–H and O–H groups in total. The van der Waals surface area contributed by atoms with Crippen LogP contribution in [0.15, 0.2) is 75.4 Å². The van der Waals surface area contributed by atoms with E-state index in [2.05, 4.69) is 16.4 Å². The Morgan fingerprint density at radius 2 is 2.07 bits per heavy atom. The van der Waals surface area contributed by atoms with Crippen LogP contribution in [0.5, 0.6) is 5.75 Å². The van der Waals surface area contributed by atoms with E-state index in [1.165, 1.54) is 11.3 Å². The van der Waals surface area contributed by atoms with Gasteiger partial charge in [0.05, 0.1) is 17.9 Å². The van der Waals surface area contributed by atoms with Crippen LogP contribution < -0.4 is 15.7 Å². The second kappa shape index (κ2) is 8.64. The summed E-state index contributed by atoms with van der Waals surface area (Å²) in [4.78, 5) is 16.8. The lowest BCUT2D eigenvalue weighted by Gasteiger charge is -2.05. The summed E-state index contributed by atoms with van der Waals surface area (Å²) in [6.07, 6.45) is 1.60. The van der Waals surface area contributed by atoms with E-state index in [0.717, 1.165) is 16.8 Å². The topological polar surface area (TPSA) is 88.2 Å². The van der Waals surface area contributed by atoms with Crippen molar-refractivity contribution < 1.29 is 9.15 Å². The van der Waals surface area contributed by atoms with Crippen LogP contribution in [0.2, 0.25) is 0 Å². The zero-order valence-electron chi connectivity index (χ0n) is 16.1. The van der Waals surface area contributed by atoms with E-state index in [1.807, 2.05) is 49.4 Å². The summed E-state index contributed by atoms with van der Waals surface area (Å²) in [7, 11) is 0. The van der Waals surface area contributed by atoms with E-state index < -0.39 is 5.63 Å². The molecule has 0 saturated carbocycles. The maximum atomic E-state index is 12.4. The molecule has 30 heavy (non-hydrogen) atoms. The van der Waals surface area contributed by atoms with Crippen molar-refractivity contribution in [2.75, 3.05) is 11.9 Å².